The number of rotatable bonds is 4. The number of benzene rings is 2. The third kappa shape index (κ3) is 2.46. The number of nitrogens with zero attached hydrogens (tertiary/aromatic N) is 1. The lowest BCUT2D eigenvalue weighted by molar-refractivity contribution is 0.277. The molecule has 0 fully saturated rings. The van der Waals surface area contributed by atoms with Crippen LogP contribution < -0.4 is 0 Å². The maximum Gasteiger partial charge on any atom is 0.0610 e. The van der Waals surface area contributed by atoms with Gasteiger partial charge in [-0.15, -0.1) is 0 Å². The van der Waals surface area contributed by atoms with Crippen LogP contribution in [-0.4, -0.2) is 16.3 Å². The fourth-order valence-electron chi connectivity index (χ4n) is 3.13. The first-order valence-corrected chi connectivity index (χ1v) is 7.65. The molecule has 0 atom stereocenters. The number of aliphatic hydroxyl groups excluding tert-OH is 1. The van der Waals surface area contributed by atoms with Crippen molar-refractivity contribution in [2.24, 2.45) is 0 Å². The van der Waals surface area contributed by atoms with Crippen molar-refractivity contribution in [1.29, 1.82) is 0 Å². The van der Waals surface area contributed by atoms with E-state index < -0.39 is 0 Å². The molecule has 2 nitrogen and oxygen atoms in total. The van der Waals surface area contributed by atoms with Crippen molar-refractivity contribution in [3.63, 3.8) is 0 Å². The van der Waals surface area contributed by atoms with Crippen LogP contribution in [0.4, 0.5) is 0 Å². The summed E-state index contributed by atoms with van der Waals surface area (Å²) in [6.07, 6.45) is 0. The van der Waals surface area contributed by atoms with Crippen LogP contribution >= 0.6 is 0 Å². The monoisotopic (exact) mass is 291 g/mol. The zero-order valence-corrected chi connectivity index (χ0v) is 13.1. The van der Waals surface area contributed by atoms with Crippen LogP contribution in [0.1, 0.15) is 11.1 Å². The van der Waals surface area contributed by atoms with Crippen molar-refractivity contribution in [3.05, 3.63) is 71.8 Å². The van der Waals surface area contributed by atoms with E-state index in [1.54, 1.807) is 0 Å². The topological polar surface area (TPSA) is 25.2 Å². The SMILES string of the molecule is Cc1c(C)c(-c2ccccc2)n(CCO)c1-c1ccccc1. The van der Waals surface area contributed by atoms with Crippen LogP contribution in [0, 0.1) is 13.8 Å². The molecule has 22 heavy (non-hydrogen) atoms. The molecule has 0 saturated carbocycles. The lowest BCUT2D eigenvalue weighted by Crippen LogP contribution is -2.06. The molecule has 0 spiro atoms. The van der Waals surface area contributed by atoms with Crippen LogP contribution in [0.15, 0.2) is 60.7 Å². The van der Waals surface area contributed by atoms with Gasteiger partial charge in [0.25, 0.3) is 0 Å². The Hall–Kier alpha value is -2.32. The molecule has 0 aliphatic carbocycles. The molecule has 0 aliphatic heterocycles. The van der Waals surface area contributed by atoms with Gasteiger partial charge in [-0.25, -0.2) is 0 Å². The van der Waals surface area contributed by atoms with Crippen molar-refractivity contribution in [2.45, 2.75) is 20.4 Å². The van der Waals surface area contributed by atoms with E-state index in [1.807, 2.05) is 12.1 Å². The fourth-order valence-corrected chi connectivity index (χ4v) is 3.13. The average Bonchev–Trinajstić information content (AvgIpc) is 2.81. The summed E-state index contributed by atoms with van der Waals surface area (Å²) in [6.45, 7) is 5.06. The number of hydrogen-bond donors (Lipinski definition) is 1. The van der Waals surface area contributed by atoms with E-state index in [4.69, 9.17) is 0 Å². The Bertz CT molecular complexity index is 694. The summed E-state index contributed by atoms with van der Waals surface area (Å²) >= 11 is 0. The molecule has 0 unspecified atom stereocenters. The quantitative estimate of drug-likeness (QED) is 0.755. The Morgan fingerprint density at radius 2 is 1.14 bits per heavy atom. The van der Waals surface area contributed by atoms with Crippen LogP contribution in [0.5, 0.6) is 0 Å². The maximum absolute atomic E-state index is 9.54. The Morgan fingerprint density at radius 1 is 0.727 bits per heavy atom. The van der Waals surface area contributed by atoms with Crippen LogP contribution in [0.3, 0.4) is 0 Å². The maximum atomic E-state index is 9.54. The molecular formula is C20H21NO. The number of aliphatic hydroxyl groups is 1. The minimum Gasteiger partial charge on any atom is -0.395 e. The van der Waals surface area contributed by atoms with Crippen molar-refractivity contribution in [3.8, 4) is 22.5 Å². The largest absolute Gasteiger partial charge is 0.395 e. The van der Waals surface area contributed by atoms with Gasteiger partial charge in [0.15, 0.2) is 0 Å². The zero-order valence-electron chi connectivity index (χ0n) is 13.1. The molecule has 0 amide bonds. The average molecular weight is 291 g/mol. The van der Waals surface area contributed by atoms with E-state index in [-0.39, 0.29) is 6.61 Å². The normalized spacial score (nSPS) is 10.9. The molecule has 0 radical (unpaired) electrons. The summed E-state index contributed by atoms with van der Waals surface area (Å²) in [5.41, 5.74) is 7.34. The van der Waals surface area contributed by atoms with Gasteiger partial charge in [-0.3, -0.25) is 0 Å². The Kier molecular flexibility index (Phi) is 4.12. The molecule has 1 N–H and O–H groups in total. The smallest absolute Gasteiger partial charge is 0.0610 e. The highest BCUT2D eigenvalue weighted by Crippen LogP contribution is 2.36. The molecule has 0 aliphatic rings. The predicted molar refractivity (Wildman–Crippen MR) is 91.9 cm³/mol. The van der Waals surface area contributed by atoms with E-state index in [2.05, 4.69) is 66.9 Å². The summed E-state index contributed by atoms with van der Waals surface area (Å²) in [5, 5.41) is 9.54. The molecular weight excluding hydrogens is 270 g/mol. The Labute approximate surface area is 131 Å². The second-order valence-electron chi connectivity index (χ2n) is 5.55. The first-order chi connectivity index (χ1) is 10.7. The minimum absolute atomic E-state index is 0.132. The summed E-state index contributed by atoms with van der Waals surface area (Å²) in [5.74, 6) is 0. The standard InChI is InChI=1S/C20H21NO/c1-15-16(2)20(18-11-7-4-8-12-18)21(13-14-22)19(15)17-9-5-3-6-10-17/h3-12,22H,13-14H2,1-2H3. The van der Waals surface area contributed by atoms with E-state index in [0.29, 0.717) is 6.54 Å². The molecule has 0 bridgehead atoms. The number of hydrogen-bond acceptors (Lipinski definition) is 1. The lowest BCUT2D eigenvalue weighted by Gasteiger charge is -2.13. The predicted octanol–water partition coefficient (Wildman–Crippen LogP) is 4.43. The second kappa shape index (κ2) is 6.20. The first kappa shape index (κ1) is 14.6. The van der Waals surface area contributed by atoms with Gasteiger partial charge in [0, 0.05) is 6.54 Å². The molecule has 2 aromatic carbocycles. The van der Waals surface area contributed by atoms with Gasteiger partial charge in [0.2, 0.25) is 0 Å². The van der Waals surface area contributed by atoms with Crippen LogP contribution in [-0.2, 0) is 6.54 Å². The van der Waals surface area contributed by atoms with E-state index >= 15 is 0 Å². The van der Waals surface area contributed by atoms with E-state index in [0.717, 1.165) is 0 Å². The highest BCUT2D eigenvalue weighted by atomic mass is 16.3. The second-order valence-corrected chi connectivity index (χ2v) is 5.55. The van der Waals surface area contributed by atoms with Gasteiger partial charge in [-0.05, 0) is 36.1 Å². The Balaban J connectivity index is 2.28. The summed E-state index contributed by atoms with van der Waals surface area (Å²) in [7, 11) is 0. The fraction of sp³-hybridized carbons (Fsp3) is 0.200. The highest BCUT2D eigenvalue weighted by molar-refractivity contribution is 5.76. The van der Waals surface area contributed by atoms with Gasteiger partial charge in [0.05, 0.1) is 18.0 Å². The van der Waals surface area contributed by atoms with Crippen molar-refractivity contribution < 1.29 is 5.11 Å². The summed E-state index contributed by atoms with van der Waals surface area (Å²) in [4.78, 5) is 0. The molecule has 3 rings (SSSR count). The van der Waals surface area contributed by atoms with Crippen LogP contribution in [0.2, 0.25) is 0 Å². The van der Waals surface area contributed by atoms with Crippen molar-refractivity contribution in [2.75, 3.05) is 6.61 Å². The van der Waals surface area contributed by atoms with Crippen LogP contribution in [0.25, 0.3) is 22.5 Å². The Morgan fingerprint density at radius 3 is 1.50 bits per heavy atom. The molecule has 3 aromatic rings. The molecule has 2 heteroatoms. The molecule has 1 heterocycles. The number of aromatic nitrogens is 1. The molecule has 1 aromatic heterocycles. The summed E-state index contributed by atoms with van der Waals surface area (Å²) in [6, 6.07) is 20.8. The van der Waals surface area contributed by atoms with Gasteiger partial charge >= 0.3 is 0 Å². The van der Waals surface area contributed by atoms with Gasteiger partial charge in [-0.1, -0.05) is 60.7 Å². The van der Waals surface area contributed by atoms with Crippen molar-refractivity contribution in [1.82, 2.24) is 4.57 Å². The van der Waals surface area contributed by atoms with Gasteiger partial charge < -0.3 is 9.67 Å². The van der Waals surface area contributed by atoms with Crippen molar-refractivity contribution >= 4 is 0 Å². The third-order valence-electron chi connectivity index (χ3n) is 4.23. The lowest BCUT2D eigenvalue weighted by atomic mass is 10.0. The van der Waals surface area contributed by atoms with E-state index in [1.165, 1.54) is 33.6 Å². The van der Waals surface area contributed by atoms with Gasteiger partial charge in [0.1, 0.15) is 0 Å². The summed E-state index contributed by atoms with van der Waals surface area (Å²) < 4.78 is 2.25. The molecule has 0 saturated heterocycles. The van der Waals surface area contributed by atoms with E-state index in [9.17, 15) is 5.11 Å². The minimum atomic E-state index is 0.132. The van der Waals surface area contributed by atoms with Gasteiger partial charge in [-0.2, -0.15) is 0 Å². The molecule has 112 valence electrons. The highest BCUT2D eigenvalue weighted by Gasteiger charge is 2.19. The zero-order chi connectivity index (χ0) is 15.5. The first-order valence-electron chi connectivity index (χ1n) is 7.65. The third-order valence-corrected chi connectivity index (χ3v) is 4.23.